The van der Waals surface area contributed by atoms with Crippen molar-refractivity contribution in [1.82, 2.24) is 14.9 Å². The van der Waals surface area contributed by atoms with Crippen LogP contribution in [0.4, 0.5) is 0 Å². The van der Waals surface area contributed by atoms with Gasteiger partial charge < -0.3 is 34.9 Å². The molecule has 2 atom stereocenters. The lowest BCUT2D eigenvalue weighted by atomic mass is 9.86. The summed E-state index contributed by atoms with van der Waals surface area (Å²) < 4.78 is 18.0. The Kier molecular flexibility index (Phi) is 6.03. The number of amides is 1. The molecule has 11 heteroatoms. The number of fused-ring (bicyclic) bond motifs is 6. The van der Waals surface area contributed by atoms with Gasteiger partial charge in [0.05, 0.1) is 35.1 Å². The number of hydrogen-bond acceptors (Lipinski definition) is 9. The molecule has 2 aromatic carbocycles. The predicted molar refractivity (Wildman–Crippen MR) is 151 cm³/mol. The topological polar surface area (TPSA) is 155 Å². The summed E-state index contributed by atoms with van der Waals surface area (Å²) in [7, 11) is 0. The molecule has 3 aliphatic heterocycles. The second-order valence-electron chi connectivity index (χ2n) is 10.8. The summed E-state index contributed by atoms with van der Waals surface area (Å²) in [5, 5.41) is 14.9. The lowest BCUT2D eigenvalue weighted by Gasteiger charge is -2.31. The standard InChI is InChI=1S/C31H28N4O7/c1-2-31(39)21-10-24-27-19(13-35(24)29(37)20(21)14-40-30(31)38)18(17-9-25-26(42-15-41-25)11-23(17)34-27)12-33-28(36)22(32)8-16-6-4-3-5-7-16/h3-7,9-11,22,39H,2,8,12-15,32H2,1H3,(H,33,36)/t22-,31-/m0/s1. The van der Waals surface area contributed by atoms with Crippen molar-refractivity contribution in [1.29, 1.82) is 0 Å². The van der Waals surface area contributed by atoms with E-state index in [9.17, 15) is 19.5 Å². The summed E-state index contributed by atoms with van der Waals surface area (Å²) >= 11 is 0. The molecule has 5 heterocycles. The van der Waals surface area contributed by atoms with Crippen LogP contribution in [0.3, 0.4) is 0 Å². The fraction of sp³-hybridized carbons (Fsp3) is 0.290. The fourth-order valence-electron chi connectivity index (χ4n) is 6.02. The zero-order valence-corrected chi connectivity index (χ0v) is 22.8. The molecule has 0 spiro atoms. The van der Waals surface area contributed by atoms with Crippen molar-refractivity contribution in [2.75, 3.05) is 6.79 Å². The summed E-state index contributed by atoms with van der Waals surface area (Å²) in [5.74, 6) is 0.00258. The van der Waals surface area contributed by atoms with E-state index in [0.717, 1.165) is 22.1 Å². The molecule has 0 saturated heterocycles. The Bertz CT molecular complexity index is 1850. The maximum absolute atomic E-state index is 13.7. The molecular weight excluding hydrogens is 540 g/mol. The molecule has 0 bridgehead atoms. The summed E-state index contributed by atoms with van der Waals surface area (Å²) in [6.07, 6.45) is 0.428. The third kappa shape index (κ3) is 3.96. The molecule has 11 nitrogen and oxygen atoms in total. The highest BCUT2D eigenvalue weighted by Gasteiger charge is 2.45. The van der Waals surface area contributed by atoms with Crippen LogP contribution >= 0.6 is 0 Å². The molecule has 4 aromatic rings. The number of hydrogen-bond donors (Lipinski definition) is 3. The van der Waals surface area contributed by atoms with Crippen molar-refractivity contribution >= 4 is 22.8 Å². The van der Waals surface area contributed by atoms with Crippen LogP contribution in [0, 0.1) is 0 Å². The van der Waals surface area contributed by atoms with Gasteiger partial charge in [0.15, 0.2) is 17.1 Å². The lowest BCUT2D eigenvalue weighted by Crippen LogP contribution is -2.44. The van der Waals surface area contributed by atoms with Crippen LogP contribution in [0.25, 0.3) is 22.3 Å². The summed E-state index contributed by atoms with van der Waals surface area (Å²) in [6.45, 7) is 1.85. The van der Waals surface area contributed by atoms with Gasteiger partial charge in [0.2, 0.25) is 12.7 Å². The van der Waals surface area contributed by atoms with Gasteiger partial charge in [0, 0.05) is 29.1 Å². The van der Waals surface area contributed by atoms with E-state index in [4.69, 9.17) is 24.9 Å². The third-order valence-corrected chi connectivity index (χ3v) is 8.37. The SMILES string of the molecule is CC[C@@]1(O)C(=O)OCc2c1cc1n(c2=O)Cc2c-1nc1cc3c(cc1c2CNC(=O)[C@@H](N)Cc1ccccc1)OCO3. The molecule has 214 valence electrons. The van der Waals surface area contributed by atoms with Crippen LogP contribution in [-0.2, 0) is 46.0 Å². The number of aromatic nitrogens is 2. The van der Waals surface area contributed by atoms with Crippen molar-refractivity contribution in [3.63, 3.8) is 0 Å². The van der Waals surface area contributed by atoms with E-state index in [-0.39, 0.29) is 55.5 Å². The number of nitrogens with zero attached hydrogens (tertiary/aromatic N) is 2. The molecule has 3 aliphatic rings. The highest BCUT2D eigenvalue weighted by molar-refractivity contribution is 5.92. The van der Waals surface area contributed by atoms with Gasteiger partial charge in [-0.2, -0.15) is 0 Å². The summed E-state index contributed by atoms with van der Waals surface area (Å²) in [4.78, 5) is 44.2. The Hall–Kier alpha value is -4.74. The van der Waals surface area contributed by atoms with Crippen LogP contribution in [-0.4, -0.2) is 39.4 Å². The lowest BCUT2D eigenvalue weighted by molar-refractivity contribution is -0.172. The van der Waals surface area contributed by atoms with E-state index in [1.807, 2.05) is 36.4 Å². The van der Waals surface area contributed by atoms with E-state index in [1.54, 1.807) is 23.6 Å². The monoisotopic (exact) mass is 568 g/mol. The van der Waals surface area contributed by atoms with Gasteiger partial charge in [0.1, 0.15) is 6.61 Å². The highest BCUT2D eigenvalue weighted by Crippen LogP contribution is 2.43. The predicted octanol–water partition coefficient (Wildman–Crippen LogP) is 1.99. The number of cyclic esters (lactones) is 1. The number of benzene rings is 2. The first-order chi connectivity index (χ1) is 20.3. The van der Waals surface area contributed by atoms with Crippen LogP contribution in [0.2, 0.25) is 0 Å². The molecule has 42 heavy (non-hydrogen) atoms. The minimum Gasteiger partial charge on any atom is -0.458 e. The highest BCUT2D eigenvalue weighted by atomic mass is 16.7. The van der Waals surface area contributed by atoms with Crippen LogP contribution in [0.15, 0.2) is 53.3 Å². The second kappa shape index (κ2) is 9.68. The van der Waals surface area contributed by atoms with Crippen LogP contribution in [0.5, 0.6) is 11.5 Å². The second-order valence-corrected chi connectivity index (χ2v) is 10.8. The van der Waals surface area contributed by atoms with Crippen molar-refractivity contribution in [3.05, 3.63) is 86.7 Å². The number of ether oxygens (including phenoxy) is 3. The zero-order chi connectivity index (χ0) is 29.2. The van der Waals surface area contributed by atoms with E-state index in [2.05, 4.69) is 5.32 Å². The van der Waals surface area contributed by atoms with Crippen molar-refractivity contribution in [2.24, 2.45) is 5.73 Å². The Morgan fingerprint density at radius 2 is 1.88 bits per heavy atom. The van der Waals surface area contributed by atoms with E-state index in [0.29, 0.717) is 34.8 Å². The third-order valence-electron chi connectivity index (χ3n) is 8.37. The molecule has 1 amide bonds. The number of carbonyl (C=O) groups is 2. The number of carbonyl (C=O) groups excluding carboxylic acids is 2. The normalized spacial score (nSPS) is 18.7. The molecule has 4 N–H and O–H groups in total. The minimum absolute atomic E-state index is 0.0454. The quantitative estimate of drug-likeness (QED) is 0.261. The Balaban J connectivity index is 1.32. The minimum atomic E-state index is -1.93. The van der Waals surface area contributed by atoms with Crippen molar-refractivity contribution < 1.29 is 28.9 Å². The number of nitrogens with two attached hydrogens (primary N) is 1. The first-order valence-corrected chi connectivity index (χ1v) is 13.8. The van der Waals surface area contributed by atoms with Gasteiger partial charge in [0.25, 0.3) is 5.56 Å². The number of esters is 1. The Morgan fingerprint density at radius 1 is 1.12 bits per heavy atom. The largest absolute Gasteiger partial charge is 0.458 e. The van der Waals surface area contributed by atoms with E-state index in [1.165, 1.54) is 0 Å². The van der Waals surface area contributed by atoms with Crippen molar-refractivity contribution in [3.8, 4) is 22.9 Å². The molecule has 0 unspecified atom stereocenters. The summed E-state index contributed by atoms with van der Waals surface area (Å²) in [5.41, 5.74) is 8.47. The van der Waals surface area contributed by atoms with Gasteiger partial charge in [-0.15, -0.1) is 0 Å². The molecule has 0 radical (unpaired) electrons. The van der Waals surface area contributed by atoms with Crippen LogP contribution in [0.1, 0.15) is 41.2 Å². The fourth-order valence-corrected chi connectivity index (χ4v) is 6.02. The molecule has 7 rings (SSSR count). The maximum atomic E-state index is 13.7. The molecular formula is C31H28N4O7. The van der Waals surface area contributed by atoms with Gasteiger partial charge >= 0.3 is 5.97 Å². The van der Waals surface area contributed by atoms with E-state index >= 15 is 0 Å². The van der Waals surface area contributed by atoms with Gasteiger partial charge in [-0.1, -0.05) is 37.3 Å². The first kappa shape index (κ1) is 26.2. The van der Waals surface area contributed by atoms with Gasteiger partial charge in [-0.25, -0.2) is 9.78 Å². The summed E-state index contributed by atoms with van der Waals surface area (Å²) in [6, 6.07) is 14.1. The van der Waals surface area contributed by atoms with Crippen molar-refractivity contribution in [2.45, 2.75) is 51.1 Å². The molecule has 2 aromatic heterocycles. The number of nitrogens with one attached hydrogen (secondary N) is 1. The maximum Gasteiger partial charge on any atom is 0.343 e. The molecule has 0 aliphatic carbocycles. The molecule has 0 saturated carbocycles. The zero-order valence-electron chi connectivity index (χ0n) is 22.8. The average molecular weight is 569 g/mol. The number of aliphatic hydroxyl groups is 1. The molecule has 0 fully saturated rings. The first-order valence-electron chi connectivity index (χ1n) is 13.8. The Labute approximate surface area is 239 Å². The van der Waals surface area contributed by atoms with Gasteiger partial charge in [-0.3, -0.25) is 9.59 Å². The number of pyridine rings is 2. The van der Waals surface area contributed by atoms with Gasteiger partial charge in [-0.05, 0) is 36.1 Å². The van der Waals surface area contributed by atoms with Crippen LogP contribution < -0.4 is 26.1 Å². The number of rotatable bonds is 6. The smallest absolute Gasteiger partial charge is 0.343 e. The van der Waals surface area contributed by atoms with E-state index < -0.39 is 17.6 Å². The Morgan fingerprint density at radius 3 is 2.64 bits per heavy atom. The average Bonchev–Trinajstić information content (AvgIpc) is 3.61.